The van der Waals surface area contributed by atoms with Crippen molar-refractivity contribution in [3.8, 4) is 5.75 Å². The van der Waals surface area contributed by atoms with Crippen molar-refractivity contribution in [3.63, 3.8) is 0 Å². The van der Waals surface area contributed by atoms with Crippen LogP contribution in [0.4, 0.5) is 10.1 Å². The highest BCUT2D eigenvalue weighted by atomic mass is 19.1. The molecular formula is C13H19FN2O. The number of piperazine rings is 1. The van der Waals surface area contributed by atoms with E-state index in [-0.39, 0.29) is 11.9 Å². The van der Waals surface area contributed by atoms with Crippen LogP contribution in [0.5, 0.6) is 5.75 Å². The van der Waals surface area contributed by atoms with Crippen LogP contribution in [0.2, 0.25) is 0 Å². The molecule has 0 bridgehead atoms. The van der Waals surface area contributed by atoms with Crippen molar-refractivity contribution in [1.29, 1.82) is 0 Å². The zero-order valence-corrected chi connectivity index (χ0v) is 10.4. The molecule has 1 N–H and O–H groups in total. The lowest BCUT2D eigenvalue weighted by molar-refractivity contribution is 0.231. The second-order valence-corrected chi connectivity index (χ2v) is 4.52. The number of hydrogen-bond acceptors (Lipinski definition) is 3. The van der Waals surface area contributed by atoms with Gasteiger partial charge in [0.2, 0.25) is 0 Å². The number of rotatable bonds is 3. The van der Waals surface area contributed by atoms with Gasteiger partial charge in [0.25, 0.3) is 0 Å². The van der Waals surface area contributed by atoms with Crippen LogP contribution in [0.3, 0.4) is 0 Å². The molecule has 3 nitrogen and oxygen atoms in total. The van der Waals surface area contributed by atoms with E-state index in [4.69, 9.17) is 4.74 Å². The molecule has 0 radical (unpaired) electrons. The molecule has 1 saturated heterocycles. The predicted molar refractivity (Wildman–Crippen MR) is 67.2 cm³/mol. The Hall–Kier alpha value is -1.29. The molecular weight excluding hydrogens is 219 g/mol. The number of halogens is 1. The monoisotopic (exact) mass is 238 g/mol. The van der Waals surface area contributed by atoms with E-state index in [2.05, 4.69) is 10.2 Å². The highest BCUT2D eigenvalue weighted by molar-refractivity contribution is 5.50. The molecule has 0 atom stereocenters. The van der Waals surface area contributed by atoms with Crippen LogP contribution >= 0.6 is 0 Å². The van der Waals surface area contributed by atoms with Crippen LogP contribution in [0.25, 0.3) is 0 Å². The van der Waals surface area contributed by atoms with E-state index < -0.39 is 0 Å². The third kappa shape index (κ3) is 3.09. The molecule has 0 saturated carbocycles. The van der Waals surface area contributed by atoms with Crippen LogP contribution in [0.1, 0.15) is 13.8 Å². The van der Waals surface area contributed by atoms with Crippen LogP contribution < -0.4 is 15.0 Å². The normalized spacial score (nSPS) is 16.4. The smallest absolute Gasteiger partial charge is 0.167 e. The lowest BCUT2D eigenvalue weighted by atomic mass is 10.2. The third-order valence-electron chi connectivity index (χ3n) is 2.76. The highest BCUT2D eigenvalue weighted by Crippen LogP contribution is 2.24. The first-order valence-corrected chi connectivity index (χ1v) is 6.08. The molecule has 17 heavy (non-hydrogen) atoms. The Kier molecular flexibility index (Phi) is 3.84. The molecule has 1 heterocycles. The maximum absolute atomic E-state index is 13.8. The van der Waals surface area contributed by atoms with Crippen molar-refractivity contribution in [2.45, 2.75) is 20.0 Å². The summed E-state index contributed by atoms with van der Waals surface area (Å²) < 4.78 is 19.2. The number of benzene rings is 1. The Balaban J connectivity index is 2.12. The fraction of sp³-hybridized carbons (Fsp3) is 0.538. The molecule has 1 aliphatic rings. The van der Waals surface area contributed by atoms with E-state index in [0.717, 1.165) is 31.9 Å². The van der Waals surface area contributed by atoms with Gasteiger partial charge in [-0.3, -0.25) is 0 Å². The Morgan fingerprint density at radius 1 is 1.29 bits per heavy atom. The van der Waals surface area contributed by atoms with Crippen LogP contribution in [0.15, 0.2) is 18.2 Å². The molecule has 2 rings (SSSR count). The van der Waals surface area contributed by atoms with E-state index in [1.165, 1.54) is 0 Å². The lowest BCUT2D eigenvalue weighted by Crippen LogP contribution is -2.43. The summed E-state index contributed by atoms with van der Waals surface area (Å²) in [6.45, 7) is 7.53. The first-order chi connectivity index (χ1) is 8.16. The van der Waals surface area contributed by atoms with Gasteiger partial charge in [-0.05, 0) is 26.0 Å². The van der Waals surface area contributed by atoms with Gasteiger partial charge in [0, 0.05) is 37.9 Å². The third-order valence-corrected chi connectivity index (χ3v) is 2.76. The molecule has 0 spiro atoms. The van der Waals surface area contributed by atoms with E-state index in [1.54, 1.807) is 12.1 Å². The molecule has 0 aromatic heterocycles. The van der Waals surface area contributed by atoms with E-state index in [9.17, 15) is 4.39 Å². The fourth-order valence-electron chi connectivity index (χ4n) is 1.96. The van der Waals surface area contributed by atoms with Gasteiger partial charge in [-0.2, -0.15) is 0 Å². The summed E-state index contributed by atoms with van der Waals surface area (Å²) in [5.74, 6) is 0.0496. The number of nitrogens with zero attached hydrogens (tertiary/aromatic N) is 1. The zero-order chi connectivity index (χ0) is 12.3. The fourth-order valence-corrected chi connectivity index (χ4v) is 1.96. The van der Waals surface area contributed by atoms with Crippen molar-refractivity contribution < 1.29 is 9.13 Å². The van der Waals surface area contributed by atoms with Gasteiger partial charge in [0.05, 0.1) is 6.10 Å². The molecule has 94 valence electrons. The zero-order valence-electron chi connectivity index (χ0n) is 10.4. The summed E-state index contributed by atoms with van der Waals surface area (Å²) in [4.78, 5) is 2.18. The van der Waals surface area contributed by atoms with Gasteiger partial charge in [-0.15, -0.1) is 0 Å². The molecule has 1 aliphatic heterocycles. The van der Waals surface area contributed by atoms with Crippen molar-refractivity contribution in [3.05, 3.63) is 24.0 Å². The molecule has 1 fully saturated rings. The maximum Gasteiger partial charge on any atom is 0.167 e. The van der Waals surface area contributed by atoms with Gasteiger partial charge in [0.1, 0.15) is 0 Å². The summed E-state index contributed by atoms with van der Waals surface area (Å²) in [5.41, 5.74) is 0.931. The Morgan fingerprint density at radius 2 is 2.00 bits per heavy atom. The highest BCUT2D eigenvalue weighted by Gasteiger charge is 2.13. The second kappa shape index (κ2) is 5.36. The molecule has 0 unspecified atom stereocenters. The van der Waals surface area contributed by atoms with Crippen molar-refractivity contribution in [1.82, 2.24) is 5.32 Å². The number of nitrogens with one attached hydrogen (secondary N) is 1. The number of anilines is 1. The second-order valence-electron chi connectivity index (χ2n) is 4.52. The van der Waals surface area contributed by atoms with Gasteiger partial charge >= 0.3 is 0 Å². The summed E-state index contributed by atoms with van der Waals surface area (Å²) in [6.07, 6.45) is -0.00506. The minimum absolute atomic E-state index is 0.00506. The van der Waals surface area contributed by atoms with Gasteiger partial charge in [-0.25, -0.2) is 4.39 Å². The van der Waals surface area contributed by atoms with E-state index in [0.29, 0.717) is 5.75 Å². The standard InChI is InChI=1S/C13H19FN2O/c1-10(2)17-13-4-3-11(9-12(13)14)16-7-5-15-6-8-16/h3-4,9-10,15H,5-8H2,1-2H3. The van der Waals surface area contributed by atoms with Crippen LogP contribution in [-0.4, -0.2) is 32.3 Å². The lowest BCUT2D eigenvalue weighted by Gasteiger charge is -2.29. The molecule has 1 aromatic rings. The van der Waals surface area contributed by atoms with Gasteiger partial charge in [-0.1, -0.05) is 0 Å². The molecule has 0 amide bonds. The molecule has 1 aromatic carbocycles. The molecule has 4 heteroatoms. The van der Waals surface area contributed by atoms with Gasteiger partial charge in [0.15, 0.2) is 11.6 Å². The Labute approximate surface area is 102 Å². The number of ether oxygens (including phenoxy) is 1. The van der Waals surface area contributed by atoms with Crippen LogP contribution in [-0.2, 0) is 0 Å². The molecule has 0 aliphatic carbocycles. The Bertz CT molecular complexity index is 376. The minimum Gasteiger partial charge on any atom is -0.488 e. The topological polar surface area (TPSA) is 24.5 Å². The van der Waals surface area contributed by atoms with Crippen molar-refractivity contribution in [2.24, 2.45) is 0 Å². The predicted octanol–water partition coefficient (Wildman–Crippen LogP) is 2.02. The average Bonchev–Trinajstić information content (AvgIpc) is 2.32. The first-order valence-electron chi connectivity index (χ1n) is 6.08. The number of hydrogen-bond donors (Lipinski definition) is 1. The van der Waals surface area contributed by atoms with E-state index >= 15 is 0 Å². The van der Waals surface area contributed by atoms with Crippen LogP contribution in [0, 0.1) is 5.82 Å². The largest absolute Gasteiger partial charge is 0.488 e. The van der Waals surface area contributed by atoms with Crippen molar-refractivity contribution in [2.75, 3.05) is 31.1 Å². The van der Waals surface area contributed by atoms with Crippen molar-refractivity contribution >= 4 is 5.69 Å². The van der Waals surface area contributed by atoms with E-state index in [1.807, 2.05) is 19.9 Å². The SMILES string of the molecule is CC(C)Oc1ccc(N2CCNCC2)cc1F. The van der Waals surface area contributed by atoms with Gasteiger partial charge < -0.3 is 15.0 Å². The minimum atomic E-state index is -0.283. The summed E-state index contributed by atoms with van der Waals surface area (Å²) >= 11 is 0. The summed E-state index contributed by atoms with van der Waals surface area (Å²) in [6, 6.07) is 5.20. The first kappa shape index (κ1) is 12.2. The summed E-state index contributed by atoms with van der Waals surface area (Å²) in [5, 5.41) is 3.28. The summed E-state index contributed by atoms with van der Waals surface area (Å²) in [7, 11) is 0. The Morgan fingerprint density at radius 3 is 2.59 bits per heavy atom. The maximum atomic E-state index is 13.8. The quantitative estimate of drug-likeness (QED) is 0.872. The average molecular weight is 238 g/mol.